The van der Waals surface area contributed by atoms with Crippen LogP contribution in [0.25, 0.3) is 0 Å². The molecule has 3 aromatic rings. The normalized spacial score (nSPS) is 16.5. The molecule has 1 atom stereocenters. The fraction of sp³-hybridized carbons (Fsp3) is 0.240. The first kappa shape index (κ1) is 22.3. The third-order valence-electron chi connectivity index (χ3n) is 6.16. The third-order valence-corrected chi connectivity index (χ3v) is 6.16. The van der Waals surface area contributed by atoms with E-state index in [1.807, 2.05) is 23.1 Å². The van der Waals surface area contributed by atoms with Crippen LogP contribution in [0, 0.1) is 0 Å². The first-order valence-electron chi connectivity index (χ1n) is 11.3. The van der Waals surface area contributed by atoms with Crippen LogP contribution in [0.3, 0.4) is 0 Å². The van der Waals surface area contributed by atoms with Gasteiger partial charge in [0.15, 0.2) is 0 Å². The van der Waals surface area contributed by atoms with Crippen molar-refractivity contribution >= 4 is 40.9 Å². The molecule has 3 heterocycles. The van der Waals surface area contributed by atoms with E-state index >= 15 is 0 Å². The Morgan fingerprint density at radius 1 is 1.00 bits per heavy atom. The van der Waals surface area contributed by atoms with E-state index in [4.69, 9.17) is 0 Å². The zero-order valence-electron chi connectivity index (χ0n) is 19.1. The van der Waals surface area contributed by atoms with Gasteiger partial charge in [-0.1, -0.05) is 24.3 Å². The summed E-state index contributed by atoms with van der Waals surface area (Å²) in [6, 6.07) is 14.7. The van der Waals surface area contributed by atoms with Gasteiger partial charge in [-0.25, -0.2) is 0 Å². The molecule has 2 aliphatic heterocycles. The van der Waals surface area contributed by atoms with Crippen LogP contribution in [0.15, 0.2) is 53.3 Å². The molecule has 1 aromatic heterocycles. The predicted molar refractivity (Wildman–Crippen MR) is 131 cm³/mol. The van der Waals surface area contributed by atoms with E-state index in [1.165, 1.54) is 12.5 Å². The highest BCUT2D eigenvalue weighted by atomic mass is 16.2. The minimum atomic E-state index is -0.985. The van der Waals surface area contributed by atoms with Crippen molar-refractivity contribution in [1.82, 2.24) is 9.97 Å². The van der Waals surface area contributed by atoms with Crippen LogP contribution >= 0.6 is 0 Å². The van der Waals surface area contributed by atoms with Gasteiger partial charge in [0.2, 0.25) is 23.7 Å². The average Bonchev–Trinajstić information content (AvgIpc) is 2.83. The van der Waals surface area contributed by atoms with E-state index in [2.05, 4.69) is 32.0 Å². The van der Waals surface area contributed by atoms with Crippen molar-refractivity contribution in [3.8, 4) is 0 Å². The third kappa shape index (κ3) is 4.63. The summed E-state index contributed by atoms with van der Waals surface area (Å²) in [5.74, 6) is -1.59. The first-order valence-corrected chi connectivity index (χ1v) is 11.3. The highest BCUT2D eigenvalue weighted by Crippen LogP contribution is 2.31. The Labute approximate surface area is 200 Å². The fourth-order valence-electron chi connectivity index (χ4n) is 4.48. The zero-order chi connectivity index (χ0) is 24.5. The minimum absolute atomic E-state index is 0.111. The van der Waals surface area contributed by atoms with Crippen molar-refractivity contribution in [3.63, 3.8) is 0 Å². The molecular weight excluding hydrogens is 448 g/mol. The highest BCUT2D eigenvalue weighted by molar-refractivity contribution is 6.04. The summed E-state index contributed by atoms with van der Waals surface area (Å²) in [5, 5.41) is 8.05. The van der Waals surface area contributed by atoms with E-state index in [0.29, 0.717) is 30.4 Å². The van der Waals surface area contributed by atoms with Crippen molar-refractivity contribution in [2.75, 3.05) is 27.4 Å². The number of amides is 3. The van der Waals surface area contributed by atoms with Gasteiger partial charge in [-0.3, -0.25) is 24.2 Å². The second-order valence-electron chi connectivity index (χ2n) is 8.64. The summed E-state index contributed by atoms with van der Waals surface area (Å²) in [6.45, 7) is 2.66. The lowest BCUT2D eigenvalue weighted by Gasteiger charge is -2.30. The monoisotopic (exact) mass is 472 g/mol. The van der Waals surface area contributed by atoms with Gasteiger partial charge >= 0.3 is 0 Å². The minimum Gasteiger partial charge on any atom is -0.338 e. The van der Waals surface area contributed by atoms with Crippen molar-refractivity contribution in [2.24, 2.45) is 0 Å². The molecule has 2 aliphatic rings. The summed E-state index contributed by atoms with van der Waals surface area (Å²) < 4.78 is 0. The van der Waals surface area contributed by atoms with E-state index < -0.39 is 17.4 Å². The van der Waals surface area contributed by atoms with Crippen LogP contribution in [0.4, 0.5) is 23.1 Å². The molecule has 35 heavy (non-hydrogen) atoms. The second-order valence-corrected chi connectivity index (χ2v) is 8.64. The quantitative estimate of drug-likeness (QED) is 0.460. The number of fused-ring (bicyclic) bond motifs is 2. The maximum atomic E-state index is 13.1. The van der Waals surface area contributed by atoms with Crippen LogP contribution in [0.5, 0.6) is 0 Å². The number of H-pyrrole nitrogens is 1. The predicted octanol–water partition coefficient (Wildman–Crippen LogP) is 2.36. The van der Waals surface area contributed by atoms with Gasteiger partial charge in [-0.15, -0.1) is 0 Å². The van der Waals surface area contributed by atoms with Gasteiger partial charge in [0.1, 0.15) is 5.82 Å². The van der Waals surface area contributed by atoms with Crippen molar-refractivity contribution in [3.05, 3.63) is 75.6 Å². The number of anilines is 4. The number of aromatic nitrogens is 2. The number of nitrogens with zero attached hydrogens (tertiary/aromatic N) is 2. The first-order chi connectivity index (χ1) is 16.9. The molecule has 3 amide bonds. The molecule has 0 spiro atoms. The smallest absolute Gasteiger partial charge is 0.258 e. The maximum absolute atomic E-state index is 13.1. The number of nitrogens with one attached hydrogen (secondary N) is 4. The zero-order valence-corrected chi connectivity index (χ0v) is 19.1. The second kappa shape index (κ2) is 9.05. The van der Waals surface area contributed by atoms with Crippen LogP contribution in [0.1, 0.15) is 36.0 Å². The Morgan fingerprint density at radius 3 is 2.40 bits per heavy atom. The Kier molecular flexibility index (Phi) is 5.77. The lowest BCUT2D eigenvalue weighted by molar-refractivity contribution is -0.123. The number of carbonyl (C=O) groups excluding carboxylic acids is 3. The number of aromatic amines is 1. The molecule has 10 nitrogen and oxygen atoms in total. The van der Waals surface area contributed by atoms with Gasteiger partial charge in [-0.05, 0) is 41.8 Å². The number of carbonyl (C=O) groups is 3. The molecule has 0 radical (unpaired) electrons. The van der Waals surface area contributed by atoms with Gasteiger partial charge in [0, 0.05) is 37.8 Å². The van der Waals surface area contributed by atoms with Gasteiger partial charge in [0.25, 0.3) is 5.56 Å². The molecular formula is C25H24N6O4. The summed E-state index contributed by atoms with van der Waals surface area (Å²) in [4.78, 5) is 59.0. The molecule has 0 fully saturated rings. The number of hydrogen-bond acceptors (Lipinski definition) is 6. The molecule has 0 saturated heterocycles. The highest BCUT2D eigenvalue weighted by Gasteiger charge is 2.35. The summed E-state index contributed by atoms with van der Waals surface area (Å²) in [5.41, 5.74) is 3.17. The molecule has 4 N–H and O–H groups in total. The van der Waals surface area contributed by atoms with Crippen molar-refractivity contribution < 1.29 is 14.4 Å². The lowest BCUT2D eigenvalue weighted by Crippen LogP contribution is -2.38. The molecule has 0 aliphatic carbocycles. The number of benzene rings is 2. The molecule has 0 saturated carbocycles. The molecule has 5 rings (SSSR count). The summed E-state index contributed by atoms with van der Waals surface area (Å²) in [6.07, 6.45) is 0.652. The van der Waals surface area contributed by atoms with Crippen LogP contribution in [-0.4, -0.2) is 34.2 Å². The van der Waals surface area contributed by atoms with Crippen LogP contribution in [-0.2, 0) is 27.3 Å². The molecule has 0 bridgehead atoms. The fourth-order valence-corrected chi connectivity index (χ4v) is 4.48. The van der Waals surface area contributed by atoms with Gasteiger partial charge < -0.3 is 20.9 Å². The van der Waals surface area contributed by atoms with Gasteiger partial charge in [-0.2, -0.15) is 4.98 Å². The Hall–Kier alpha value is -4.47. The van der Waals surface area contributed by atoms with Crippen LogP contribution in [0.2, 0.25) is 0 Å². The molecule has 1 unspecified atom stereocenters. The van der Waals surface area contributed by atoms with Crippen molar-refractivity contribution in [2.45, 2.75) is 32.2 Å². The average molecular weight is 473 g/mol. The summed E-state index contributed by atoms with van der Waals surface area (Å²) >= 11 is 0. The summed E-state index contributed by atoms with van der Waals surface area (Å²) in [7, 11) is 0. The van der Waals surface area contributed by atoms with Gasteiger partial charge in [0.05, 0.1) is 11.5 Å². The molecule has 10 heteroatoms. The van der Waals surface area contributed by atoms with Crippen LogP contribution < -0.4 is 26.4 Å². The molecule has 2 aromatic carbocycles. The lowest BCUT2D eigenvalue weighted by atomic mass is 9.92. The Balaban J connectivity index is 1.39. The SMILES string of the molecule is CC(=O)Nc1ccc(NC(=O)C2CC(=O)Nc3nc(N4CCc5ccccc5C4)[nH]c(=O)c32)cc1. The van der Waals surface area contributed by atoms with E-state index in [0.717, 1.165) is 12.0 Å². The Bertz CT molecular complexity index is 1380. The topological polar surface area (TPSA) is 136 Å². The van der Waals surface area contributed by atoms with E-state index in [-0.39, 0.29) is 29.6 Å². The van der Waals surface area contributed by atoms with E-state index in [1.54, 1.807) is 24.3 Å². The number of rotatable bonds is 4. The van der Waals surface area contributed by atoms with Crippen molar-refractivity contribution in [1.29, 1.82) is 0 Å². The maximum Gasteiger partial charge on any atom is 0.258 e. The molecule has 178 valence electrons. The Morgan fingerprint density at radius 2 is 1.69 bits per heavy atom. The standard InChI is InChI=1S/C25H24N6O4/c1-14(32)26-17-6-8-18(9-7-17)27-23(34)19-12-20(33)28-22-21(19)24(35)30-25(29-22)31-11-10-15-4-2-3-5-16(15)13-31/h2-9,19H,10-13H2,1H3,(H,26,32)(H,27,34)(H2,28,29,30,33,35). The van der Waals surface area contributed by atoms with E-state index in [9.17, 15) is 19.2 Å². The largest absolute Gasteiger partial charge is 0.338 e. The number of hydrogen-bond donors (Lipinski definition) is 4.